The first-order valence-corrected chi connectivity index (χ1v) is 10.4. The molecule has 0 radical (unpaired) electrons. The molecule has 7 nitrogen and oxygen atoms in total. The quantitative estimate of drug-likeness (QED) is 0.630. The van der Waals surface area contributed by atoms with Crippen LogP contribution in [0.4, 0.5) is 5.69 Å². The number of fused-ring (bicyclic) bond motifs is 1. The van der Waals surface area contributed by atoms with E-state index in [-0.39, 0.29) is 17.8 Å². The summed E-state index contributed by atoms with van der Waals surface area (Å²) in [5, 5.41) is 6.15. The molecule has 1 saturated heterocycles. The molecule has 1 aliphatic heterocycles. The number of aromatic nitrogens is 2. The van der Waals surface area contributed by atoms with Crippen LogP contribution in [0.25, 0.3) is 11.0 Å². The molecule has 2 N–H and O–H groups in total. The number of hydrogen-bond acceptors (Lipinski definition) is 6. The van der Waals surface area contributed by atoms with Gasteiger partial charge in [-0.15, -0.1) is 0 Å². The Morgan fingerprint density at radius 3 is 2.65 bits per heavy atom. The molecule has 0 aliphatic carbocycles. The van der Waals surface area contributed by atoms with Gasteiger partial charge in [-0.1, -0.05) is 32.9 Å². The van der Waals surface area contributed by atoms with Gasteiger partial charge >= 0.3 is 0 Å². The van der Waals surface area contributed by atoms with Crippen molar-refractivity contribution in [2.75, 3.05) is 25.0 Å². The number of ether oxygens (including phenoxy) is 1. The van der Waals surface area contributed by atoms with Crippen molar-refractivity contribution < 1.29 is 14.3 Å². The van der Waals surface area contributed by atoms with E-state index >= 15 is 0 Å². The molecular formula is C24H26N4O3. The van der Waals surface area contributed by atoms with Gasteiger partial charge in [-0.25, -0.2) is 4.98 Å². The average Bonchev–Trinajstić information content (AvgIpc) is 2.78. The highest BCUT2D eigenvalue weighted by molar-refractivity contribution is 6.11. The molecule has 4 rings (SSSR count). The number of rotatable bonds is 4. The minimum atomic E-state index is -0.519. The number of anilines is 1. The Bertz CT molecular complexity index is 1130. The summed E-state index contributed by atoms with van der Waals surface area (Å²) in [7, 11) is 0. The Kier molecular flexibility index (Phi) is 5.80. The Morgan fingerprint density at radius 2 is 1.90 bits per heavy atom. The lowest BCUT2D eigenvalue weighted by atomic mass is 9.95. The van der Waals surface area contributed by atoms with Crippen LogP contribution in [0, 0.1) is 5.41 Å². The number of benzene rings is 2. The Balaban J connectivity index is 1.56. The molecule has 1 atom stereocenters. The summed E-state index contributed by atoms with van der Waals surface area (Å²) >= 11 is 0. The van der Waals surface area contributed by atoms with Crippen LogP contribution in [-0.4, -0.2) is 41.4 Å². The molecule has 1 fully saturated rings. The van der Waals surface area contributed by atoms with Crippen molar-refractivity contribution in [1.29, 1.82) is 0 Å². The Hall–Kier alpha value is -3.16. The van der Waals surface area contributed by atoms with Crippen molar-refractivity contribution in [3.8, 4) is 0 Å². The molecule has 1 aliphatic rings. The largest absolute Gasteiger partial charge is 0.369 e. The van der Waals surface area contributed by atoms with E-state index in [0.717, 1.165) is 17.8 Å². The minimum Gasteiger partial charge on any atom is -0.369 e. The Labute approximate surface area is 181 Å². The van der Waals surface area contributed by atoms with Gasteiger partial charge in [0.05, 0.1) is 29.5 Å². The molecule has 0 spiro atoms. The molecule has 1 aromatic heterocycles. The Morgan fingerprint density at radius 1 is 1.10 bits per heavy atom. The summed E-state index contributed by atoms with van der Waals surface area (Å²) in [4.78, 5) is 34.5. The van der Waals surface area contributed by atoms with Crippen LogP contribution in [0.2, 0.25) is 0 Å². The number of morpholine rings is 1. The van der Waals surface area contributed by atoms with Gasteiger partial charge in [-0.05, 0) is 30.3 Å². The van der Waals surface area contributed by atoms with Gasteiger partial charge in [0.1, 0.15) is 6.10 Å². The molecular weight excluding hydrogens is 392 g/mol. The number of carbonyl (C=O) groups is 2. The number of hydrogen-bond donors (Lipinski definition) is 2. The maximum absolute atomic E-state index is 13.1. The zero-order valence-corrected chi connectivity index (χ0v) is 17.9. The first-order chi connectivity index (χ1) is 14.8. The van der Waals surface area contributed by atoms with E-state index in [1.54, 1.807) is 48.7 Å². The number of nitrogens with zero attached hydrogens (tertiary/aromatic N) is 2. The van der Waals surface area contributed by atoms with Crippen molar-refractivity contribution in [3.05, 3.63) is 65.5 Å². The molecule has 31 heavy (non-hydrogen) atoms. The molecule has 2 aromatic carbocycles. The molecule has 3 aromatic rings. The fourth-order valence-corrected chi connectivity index (χ4v) is 3.30. The highest BCUT2D eigenvalue weighted by Gasteiger charge is 2.22. The molecule has 0 bridgehead atoms. The standard InChI is InChI=1S/C24H26N4O3/c1-24(2,3)23(30)27-17-6-4-5-15(11-17)22(29)16-7-8-18-19(12-16)26-13-20(28-18)21-14-25-9-10-31-21/h4-8,11-13,21,25H,9-10,14H2,1-3H3,(H,27,30). The van der Waals surface area contributed by atoms with E-state index in [4.69, 9.17) is 4.74 Å². The maximum atomic E-state index is 13.1. The summed E-state index contributed by atoms with van der Waals surface area (Å²) in [5.41, 5.74) is 3.24. The monoisotopic (exact) mass is 418 g/mol. The highest BCUT2D eigenvalue weighted by Crippen LogP contribution is 2.22. The second kappa shape index (κ2) is 8.53. The van der Waals surface area contributed by atoms with Crippen molar-refractivity contribution in [3.63, 3.8) is 0 Å². The van der Waals surface area contributed by atoms with Gasteiger partial charge in [0, 0.05) is 35.3 Å². The maximum Gasteiger partial charge on any atom is 0.229 e. The van der Waals surface area contributed by atoms with Crippen molar-refractivity contribution in [2.24, 2.45) is 5.41 Å². The van der Waals surface area contributed by atoms with E-state index < -0.39 is 5.41 Å². The first-order valence-electron chi connectivity index (χ1n) is 10.4. The van der Waals surface area contributed by atoms with E-state index in [9.17, 15) is 9.59 Å². The molecule has 0 saturated carbocycles. The molecule has 7 heteroatoms. The van der Waals surface area contributed by atoms with Gasteiger partial charge < -0.3 is 15.4 Å². The van der Waals surface area contributed by atoms with Crippen molar-refractivity contribution in [1.82, 2.24) is 15.3 Å². The molecule has 1 amide bonds. The van der Waals surface area contributed by atoms with Crippen molar-refractivity contribution in [2.45, 2.75) is 26.9 Å². The predicted molar refractivity (Wildman–Crippen MR) is 119 cm³/mol. The number of carbonyl (C=O) groups excluding carboxylic acids is 2. The second-order valence-electron chi connectivity index (χ2n) is 8.68. The highest BCUT2D eigenvalue weighted by atomic mass is 16.5. The van der Waals surface area contributed by atoms with E-state index in [2.05, 4.69) is 20.6 Å². The summed E-state index contributed by atoms with van der Waals surface area (Å²) in [5.74, 6) is -0.245. The third-order valence-corrected chi connectivity index (χ3v) is 5.14. The third-order valence-electron chi connectivity index (χ3n) is 5.14. The minimum absolute atomic E-state index is 0.106. The van der Waals surface area contributed by atoms with Crippen LogP contribution in [-0.2, 0) is 9.53 Å². The van der Waals surface area contributed by atoms with Crippen LogP contribution in [0.3, 0.4) is 0 Å². The number of nitrogens with one attached hydrogen (secondary N) is 2. The van der Waals surface area contributed by atoms with Gasteiger partial charge in [-0.2, -0.15) is 0 Å². The zero-order chi connectivity index (χ0) is 22.0. The summed E-state index contributed by atoms with van der Waals surface area (Å²) < 4.78 is 5.74. The summed E-state index contributed by atoms with van der Waals surface area (Å²) in [6, 6.07) is 12.3. The SMILES string of the molecule is CC(C)(C)C(=O)Nc1cccc(C(=O)c2ccc3nc(C4CNCCO4)cnc3c2)c1. The molecule has 160 valence electrons. The van der Waals surface area contributed by atoms with Crippen molar-refractivity contribution >= 4 is 28.4 Å². The van der Waals surface area contributed by atoms with E-state index in [1.165, 1.54) is 0 Å². The van der Waals surface area contributed by atoms with Gasteiger partial charge in [0.2, 0.25) is 5.91 Å². The lowest BCUT2D eigenvalue weighted by molar-refractivity contribution is -0.123. The third kappa shape index (κ3) is 4.78. The summed E-state index contributed by atoms with van der Waals surface area (Å²) in [6.45, 7) is 7.72. The van der Waals surface area contributed by atoms with Crippen LogP contribution in [0.1, 0.15) is 48.5 Å². The normalized spacial score (nSPS) is 16.8. The summed E-state index contributed by atoms with van der Waals surface area (Å²) in [6.07, 6.45) is 1.59. The lowest BCUT2D eigenvalue weighted by Crippen LogP contribution is -2.33. The second-order valence-corrected chi connectivity index (χ2v) is 8.68. The first kappa shape index (κ1) is 21.1. The van der Waals surface area contributed by atoms with Crippen LogP contribution >= 0.6 is 0 Å². The topological polar surface area (TPSA) is 93.2 Å². The number of amides is 1. The zero-order valence-electron chi connectivity index (χ0n) is 17.9. The van der Waals surface area contributed by atoms with E-state index in [0.29, 0.717) is 35.5 Å². The van der Waals surface area contributed by atoms with E-state index in [1.807, 2.05) is 20.8 Å². The fraction of sp³-hybridized carbons (Fsp3) is 0.333. The molecule has 2 heterocycles. The van der Waals surface area contributed by atoms with Crippen LogP contribution < -0.4 is 10.6 Å². The smallest absolute Gasteiger partial charge is 0.229 e. The lowest BCUT2D eigenvalue weighted by Gasteiger charge is -2.22. The average molecular weight is 418 g/mol. The molecule has 1 unspecified atom stereocenters. The van der Waals surface area contributed by atoms with Crippen LogP contribution in [0.15, 0.2) is 48.7 Å². The predicted octanol–water partition coefficient (Wildman–Crippen LogP) is 3.51. The van der Waals surface area contributed by atoms with Gasteiger partial charge in [0.15, 0.2) is 5.78 Å². The van der Waals surface area contributed by atoms with Crippen LogP contribution in [0.5, 0.6) is 0 Å². The van der Waals surface area contributed by atoms with Gasteiger partial charge in [0.25, 0.3) is 0 Å². The van der Waals surface area contributed by atoms with Gasteiger partial charge in [-0.3, -0.25) is 14.6 Å². The number of ketones is 1. The fourth-order valence-electron chi connectivity index (χ4n) is 3.30.